The summed E-state index contributed by atoms with van der Waals surface area (Å²) in [5.41, 5.74) is 12.4. The first-order valence-corrected chi connectivity index (χ1v) is 19.7. The van der Waals surface area contributed by atoms with E-state index in [0.29, 0.717) is 0 Å². The molecule has 1 atom stereocenters. The number of nitrogens with zero attached hydrogens (tertiary/aromatic N) is 1. The smallest absolute Gasteiger partial charge is 0.157 e. The van der Waals surface area contributed by atoms with Crippen LogP contribution in [-0.2, 0) is 0 Å². The number of aliphatic imine (C=N–C) groups is 1. The van der Waals surface area contributed by atoms with Gasteiger partial charge in [0.05, 0.1) is 0 Å². The van der Waals surface area contributed by atoms with Gasteiger partial charge >= 0.3 is 0 Å². The number of hydrogen-bond acceptors (Lipinski definition) is 4. The Hall–Kier alpha value is -7.69. The van der Waals surface area contributed by atoms with Crippen LogP contribution in [0.25, 0.3) is 87.8 Å². The lowest BCUT2D eigenvalue weighted by molar-refractivity contribution is 0.504. The molecule has 0 amide bonds. The molecule has 0 radical (unpaired) electrons. The highest BCUT2D eigenvalue weighted by Gasteiger charge is 2.30. The highest BCUT2D eigenvalue weighted by atomic mass is 16.3. The lowest BCUT2D eigenvalue weighted by Crippen LogP contribution is -2.32. The van der Waals surface area contributed by atoms with Crippen molar-refractivity contribution in [1.29, 1.82) is 0 Å². The van der Waals surface area contributed by atoms with Crippen molar-refractivity contribution in [1.82, 2.24) is 5.32 Å². The molecule has 3 heterocycles. The molecule has 4 heteroatoms. The summed E-state index contributed by atoms with van der Waals surface area (Å²) in [6.07, 6.45) is 0. The minimum atomic E-state index is -0.234. The third-order valence-corrected chi connectivity index (χ3v) is 11.7. The Morgan fingerprint density at radius 1 is 0.397 bits per heavy atom. The van der Waals surface area contributed by atoms with Crippen molar-refractivity contribution in [2.75, 3.05) is 0 Å². The molecule has 0 spiro atoms. The molecule has 1 unspecified atom stereocenters. The van der Waals surface area contributed by atoms with Gasteiger partial charge in [0.1, 0.15) is 34.3 Å². The van der Waals surface area contributed by atoms with E-state index in [0.717, 1.165) is 89.0 Å². The predicted molar refractivity (Wildman–Crippen MR) is 239 cm³/mol. The fourth-order valence-corrected chi connectivity index (χ4v) is 8.88. The number of rotatable bonds is 5. The van der Waals surface area contributed by atoms with Crippen molar-refractivity contribution in [2.24, 2.45) is 4.99 Å². The lowest BCUT2D eigenvalue weighted by atomic mass is 9.91. The van der Waals surface area contributed by atoms with E-state index >= 15 is 0 Å². The molecule has 2 aromatic heterocycles. The lowest BCUT2D eigenvalue weighted by Gasteiger charge is -2.25. The van der Waals surface area contributed by atoms with E-state index in [4.69, 9.17) is 13.8 Å². The number of nitrogens with one attached hydrogen (secondary N) is 1. The Labute approximate surface area is 334 Å². The fourth-order valence-electron chi connectivity index (χ4n) is 8.88. The van der Waals surface area contributed by atoms with Crippen molar-refractivity contribution < 1.29 is 8.83 Å². The zero-order chi connectivity index (χ0) is 38.2. The number of amidine groups is 1. The predicted octanol–water partition coefficient (Wildman–Crippen LogP) is 14.4. The first-order valence-electron chi connectivity index (χ1n) is 19.7. The van der Waals surface area contributed by atoms with E-state index in [2.05, 4.69) is 175 Å². The normalized spacial score (nSPS) is 13.9. The fraction of sp³-hybridized carbons (Fsp3) is 0.0185. The maximum absolute atomic E-state index is 6.73. The number of benzene rings is 9. The quantitative estimate of drug-likeness (QED) is 0.191. The van der Waals surface area contributed by atoms with Crippen LogP contribution in [0.5, 0.6) is 0 Å². The Morgan fingerprint density at radius 3 is 1.95 bits per heavy atom. The molecule has 11 aromatic rings. The molecule has 58 heavy (non-hydrogen) atoms. The molecular weight excluding hydrogens is 709 g/mol. The van der Waals surface area contributed by atoms with Crippen molar-refractivity contribution in [3.8, 4) is 33.4 Å². The van der Waals surface area contributed by atoms with Crippen LogP contribution in [0.2, 0.25) is 0 Å². The monoisotopic (exact) mass is 742 g/mol. The Bertz CT molecular complexity index is 3420. The van der Waals surface area contributed by atoms with Crippen molar-refractivity contribution in [2.45, 2.75) is 6.04 Å². The molecule has 0 saturated heterocycles. The second kappa shape index (κ2) is 12.9. The van der Waals surface area contributed by atoms with Gasteiger partial charge in [0, 0.05) is 21.7 Å². The molecule has 1 N–H and O–H groups in total. The minimum Gasteiger partial charge on any atom is -0.456 e. The summed E-state index contributed by atoms with van der Waals surface area (Å²) < 4.78 is 13.3. The highest BCUT2D eigenvalue weighted by Crippen LogP contribution is 2.45. The number of fused-ring (bicyclic) bond motifs is 8. The second-order valence-electron chi connectivity index (χ2n) is 15.1. The van der Waals surface area contributed by atoms with E-state index < -0.39 is 0 Å². The molecule has 1 aliphatic rings. The summed E-state index contributed by atoms with van der Waals surface area (Å²) >= 11 is 0. The molecule has 0 bridgehead atoms. The van der Waals surface area contributed by atoms with Gasteiger partial charge in [-0.3, -0.25) is 0 Å². The van der Waals surface area contributed by atoms with Gasteiger partial charge < -0.3 is 14.2 Å². The van der Waals surface area contributed by atoms with Gasteiger partial charge in [0.15, 0.2) is 5.76 Å². The van der Waals surface area contributed by atoms with Crippen molar-refractivity contribution in [3.05, 3.63) is 211 Å². The second-order valence-corrected chi connectivity index (χ2v) is 15.1. The topological polar surface area (TPSA) is 50.7 Å². The van der Waals surface area contributed by atoms with Crippen LogP contribution in [0.1, 0.15) is 22.9 Å². The Balaban J connectivity index is 1.01. The zero-order valence-electron chi connectivity index (χ0n) is 31.3. The standard InChI is InChI=1S/C54H34N2O2/c1-2-12-33(13-3-1)37-18-10-19-40(28-37)51-53-52(44-21-8-9-23-47(44)58-53)56-54(55-51)36-26-24-35(25-27-36)45-30-41(43-22-11-17-34-14-6-7-20-42(34)43)32-49-50(45)46-29-38-15-4-5-16-39(38)31-48(46)57-49/h1-32,51H,(H,55,56). The van der Waals surface area contributed by atoms with E-state index in [1.165, 1.54) is 27.3 Å². The number of para-hydroxylation sites is 1. The van der Waals surface area contributed by atoms with Gasteiger partial charge in [-0.25, -0.2) is 4.99 Å². The summed E-state index contributed by atoms with van der Waals surface area (Å²) in [6.45, 7) is 0. The van der Waals surface area contributed by atoms with Crippen LogP contribution in [-0.4, -0.2) is 5.84 Å². The van der Waals surface area contributed by atoms with E-state index in [1.807, 2.05) is 24.3 Å². The van der Waals surface area contributed by atoms with Crippen LogP contribution in [0.4, 0.5) is 5.69 Å². The summed E-state index contributed by atoms with van der Waals surface area (Å²) in [6, 6.07) is 68.5. The largest absolute Gasteiger partial charge is 0.456 e. The maximum Gasteiger partial charge on any atom is 0.157 e. The Morgan fingerprint density at radius 2 is 1.09 bits per heavy atom. The Kier molecular flexibility index (Phi) is 7.26. The molecule has 0 fully saturated rings. The van der Waals surface area contributed by atoms with Gasteiger partial charge in [0.25, 0.3) is 0 Å². The molecule has 0 aliphatic carbocycles. The zero-order valence-corrected chi connectivity index (χ0v) is 31.3. The molecule has 12 rings (SSSR count). The van der Waals surface area contributed by atoms with E-state index in [1.54, 1.807) is 0 Å². The maximum atomic E-state index is 6.73. The molecule has 0 saturated carbocycles. The average Bonchev–Trinajstić information content (AvgIpc) is 3.85. The van der Waals surface area contributed by atoms with E-state index in [-0.39, 0.29) is 6.04 Å². The minimum absolute atomic E-state index is 0.234. The van der Waals surface area contributed by atoms with Gasteiger partial charge in [-0.05, 0) is 103 Å². The van der Waals surface area contributed by atoms with Crippen LogP contribution < -0.4 is 5.32 Å². The molecular formula is C54H34N2O2. The van der Waals surface area contributed by atoms with Gasteiger partial charge in [0.2, 0.25) is 0 Å². The summed E-state index contributed by atoms with van der Waals surface area (Å²) in [4.78, 5) is 5.25. The first kappa shape index (κ1) is 32.5. The van der Waals surface area contributed by atoms with E-state index in [9.17, 15) is 0 Å². The molecule has 1 aliphatic heterocycles. The van der Waals surface area contributed by atoms with Gasteiger partial charge in [-0.2, -0.15) is 0 Å². The van der Waals surface area contributed by atoms with Crippen LogP contribution in [0.3, 0.4) is 0 Å². The molecule has 4 nitrogen and oxygen atoms in total. The molecule has 9 aromatic carbocycles. The average molecular weight is 743 g/mol. The summed E-state index contributed by atoms with van der Waals surface area (Å²) in [5.74, 6) is 1.62. The SMILES string of the molecule is c1ccc(-c2cccc(C3NC(c4ccc(-c5cc(-c6cccc7ccccc67)cc6oc7cc8ccccc8cc7c56)cc4)=Nc4c3oc3ccccc43)c2)cc1. The van der Waals surface area contributed by atoms with Crippen molar-refractivity contribution >= 4 is 66.0 Å². The first-order chi connectivity index (χ1) is 28.7. The number of furan rings is 2. The molecule has 272 valence electrons. The third-order valence-electron chi connectivity index (χ3n) is 11.7. The van der Waals surface area contributed by atoms with Gasteiger partial charge in [-0.15, -0.1) is 0 Å². The summed E-state index contributed by atoms with van der Waals surface area (Å²) in [7, 11) is 0. The summed E-state index contributed by atoms with van der Waals surface area (Å²) in [5, 5.41) is 11.8. The van der Waals surface area contributed by atoms with Crippen LogP contribution >= 0.6 is 0 Å². The van der Waals surface area contributed by atoms with Gasteiger partial charge in [-0.1, -0.05) is 152 Å². The third kappa shape index (κ3) is 5.26. The van der Waals surface area contributed by atoms with Crippen LogP contribution in [0, 0.1) is 0 Å². The highest BCUT2D eigenvalue weighted by molar-refractivity contribution is 6.17. The van der Waals surface area contributed by atoms with Crippen LogP contribution in [0.15, 0.2) is 208 Å². The number of hydrogen-bond donors (Lipinski definition) is 1. The van der Waals surface area contributed by atoms with Crippen molar-refractivity contribution in [3.63, 3.8) is 0 Å².